The van der Waals surface area contributed by atoms with Crippen LogP contribution >= 0.6 is 0 Å². The molecule has 0 heterocycles. The van der Waals surface area contributed by atoms with Crippen LogP contribution in [0.15, 0.2) is 0 Å². The maximum atomic E-state index is 11.3. The van der Waals surface area contributed by atoms with E-state index >= 15 is 0 Å². The summed E-state index contributed by atoms with van der Waals surface area (Å²) >= 11 is 0. The number of amides is 1. The summed E-state index contributed by atoms with van der Waals surface area (Å²) in [7, 11) is 1.00. The molecule has 0 rings (SSSR count). The predicted molar refractivity (Wildman–Crippen MR) is 88.9 cm³/mol. The average Bonchev–Trinajstić information content (AvgIpc) is 2.41. The first-order chi connectivity index (χ1) is 9.52. The quantitative estimate of drug-likeness (QED) is 0.572. The van der Waals surface area contributed by atoms with Crippen molar-refractivity contribution in [3.63, 3.8) is 0 Å². The number of aliphatic hydroxyl groups excluding tert-OH is 1. The highest BCUT2D eigenvalue weighted by molar-refractivity contribution is 5.75. The van der Waals surface area contributed by atoms with E-state index in [1.165, 1.54) is 12.8 Å². The van der Waals surface area contributed by atoms with Crippen LogP contribution in [0.1, 0.15) is 67.2 Å². The largest absolute Gasteiger partial charge is 0.400 e. The van der Waals surface area contributed by atoms with Gasteiger partial charge in [-0.1, -0.05) is 48.0 Å². The van der Waals surface area contributed by atoms with E-state index in [9.17, 15) is 4.79 Å². The van der Waals surface area contributed by atoms with E-state index in [0.29, 0.717) is 18.4 Å². The van der Waals surface area contributed by atoms with Crippen molar-refractivity contribution in [2.45, 2.75) is 73.3 Å². The molecule has 124 valence electrons. The highest BCUT2D eigenvalue weighted by atomic mass is 16.2. The minimum absolute atomic E-state index is 0.190. The van der Waals surface area contributed by atoms with Gasteiger partial charge >= 0.3 is 0 Å². The third-order valence-corrected chi connectivity index (χ3v) is 2.32. The summed E-state index contributed by atoms with van der Waals surface area (Å²) < 4.78 is 0. The van der Waals surface area contributed by atoms with E-state index in [1.54, 1.807) is 0 Å². The molecule has 0 bridgehead atoms. The van der Waals surface area contributed by atoms with Crippen LogP contribution in [0.5, 0.6) is 0 Å². The highest BCUT2D eigenvalue weighted by Crippen LogP contribution is 1.98. The van der Waals surface area contributed by atoms with Crippen LogP contribution < -0.4 is 10.6 Å². The van der Waals surface area contributed by atoms with Gasteiger partial charge in [0.15, 0.2) is 0 Å². The number of hydrogen-bond acceptors (Lipinski definition) is 3. The maximum Gasteiger partial charge on any atom is 0.220 e. The Hall–Kier alpha value is -0.610. The fourth-order valence-electron chi connectivity index (χ4n) is 1.49. The Morgan fingerprint density at radius 1 is 0.950 bits per heavy atom. The number of aliphatic hydroxyl groups is 1. The number of rotatable bonds is 9. The molecule has 4 nitrogen and oxygen atoms in total. The Kier molecular flexibility index (Phi) is 25.3. The summed E-state index contributed by atoms with van der Waals surface area (Å²) in [4.78, 5) is 11.3. The highest BCUT2D eigenvalue weighted by Gasteiger charge is 2.02. The molecule has 0 aliphatic carbocycles. The van der Waals surface area contributed by atoms with E-state index < -0.39 is 0 Å². The first kappa shape index (κ1) is 24.4. The molecule has 0 radical (unpaired) electrons. The lowest BCUT2D eigenvalue weighted by molar-refractivity contribution is -0.121. The fraction of sp³-hybridized carbons (Fsp3) is 0.938. The van der Waals surface area contributed by atoms with Crippen molar-refractivity contribution in [1.29, 1.82) is 0 Å². The van der Waals surface area contributed by atoms with Gasteiger partial charge in [0.25, 0.3) is 0 Å². The molecule has 1 amide bonds. The molecule has 0 aliphatic heterocycles. The zero-order valence-corrected chi connectivity index (χ0v) is 14.8. The third-order valence-electron chi connectivity index (χ3n) is 2.32. The van der Waals surface area contributed by atoms with Crippen LogP contribution in [0.2, 0.25) is 0 Å². The van der Waals surface area contributed by atoms with Gasteiger partial charge in [0.2, 0.25) is 5.91 Å². The lowest BCUT2D eigenvalue weighted by atomic mass is 10.1. The Balaban J connectivity index is -0.000000656. The molecule has 0 saturated carbocycles. The van der Waals surface area contributed by atoms with E-state index in [-0.39, 0.29) is 5.91 Å². The second-order valence-corrected chi connectivity index (χ2v) is 5.12. The van der Waals surface area contributed by atoms with Gasteiger partial charge in [-0.3, -0.25) is 4.79 Å². The number of carbonyl (C=O) groups is 1. The molecule has 0 unspecified atom stereocenters. The topological polar surface area (TPSA) is 61.4 Å². The molecule has 0 atom stereocenters. The minimum Gasteiger partial charge on any atom is -0.400 e. The molecule has 4 heteroatoms. The van der Waals surface area contributed by atoms with Crippen LogP contribution in [0, 0.1) is 5.92 Å². The molecular formula is C16H38N2O2. The maximum absolute atomic E-state index is 11.3. The molecule has 0 aromatic heterocycles. The number of nitrogens with one attached hydrogen (secondary N) is 2. The monoisotopic (exact) mass is 290 g/mol. The summed E-state index contributed by atoms with van der Waals surface area (Å²) in [6.45, 7) is 14.4. The van der Waals surface area contributed by atoms with Gasteiger partial charge in [-0.15, -0.1) is 0 Å². The van der Waals surface area contributed by atoms with Gasteiger partial charge < -0.3 is 15.7 Å². The second kappa shape index (κ2) is 20.7. The van der Waals surface area contributed by atoms with Crippen LogP contribution in [-0.4, -0.2) is 37.3 Å². The summed E-state index contributed by atoms with van der Waals surface area (Å²) in [5.74, 6) is 0.644. The molecule has 0 saturated heterocycles. The molecule has 0 aromatic rings. The first-order valence-corrected chi connectivity index (χ1v) is 7.97. The molecule has 0 aliphatic rings. The van der Waals surface area contributed by atoms with Crippen molar-refractivity contribution >= 4 is 5.91 Å². The minimum atomic E-state index is 0.190. The second-order valence-electron chi connectivity index (χ2n) is 5.12. The zero-order valence-electron chi connectivity index (χ0n) is 14.8. The smallest absolute Gasteiger partial charge is 0.220 e. The van der Waals surface area contributed by atoms with Crippen LogP contribution in [0.3, 0.4) is 0 Å². The third kappa shape index (κ3) is 26.1. The van der Waals surface area contributed by atoms with Crippen LogP contribution in [-0.2, 0) is 4.79 Å². The van der Waals surface area contributed by atoms with E-state index in [4.69, 9.17) is 5.11 Å². The van der Waals surface area contributed by atoms with Gasteiger partial charge in [-0.25, -0.2) is 0 Å². The zero-order chi connectivity index (χ0) is 16.4. The normalized spacial score (nSPS) is 9.50. The van der Waals surface area contributed by atoms with Crippen molar-refractivity contribution < 1.29 is 9.90 Å². The Morgan fingerprint density at radius 2 is 1.45 bits per heavy atom. The summed E-state index contributed by atoms with van der Waals surface area (Å²) in [5, 5.41) is 13.3. The van der Waals surface area contributed by atoms with Crippen molar-refractivity contribution in [3.05, 3.63) is 0 Å². The van der Waals surface area contributed by atoms with Crippen molar-refractivity contribution in [2.75, 3.05) is 20.2 Å². The van der Waals surface area contributed by atoms with E-state index in [2.05, 4.69) is 38.3 Å². The van der Waals surface area contributed by atoms with E-state index in [1.807, 2.05) is 13.8 Å². The van der Waals surface area contributed by atoms with Gasteiger partial charge in [0.1, 0.15) is 0 Å². The Bertz CT molecular complexity index is 183. The molecule has 20 heavy (non-hydrogen) atoms. The SMILES string of the molecule is CC.CC(C)CC(=O)NCCCCCNC(C)C.CO. The standard InChI is InChI=1S/C13H28N2O.C2H6.CH4O/c1-11(2)10-13(16)15-9-7-5-6-8-14-12(3)4;2*1-2/h11-12,14H,5-10H2,1-4H3,(H,15,16);1-2H3;2H,1H3. The van der Waals surface area contributed by atoms with Crippen LogP contribution in [0.4, 0.5) is 0 Å². The number of hydrogen-bond donors (Lipinski definition) is 3. The van der Waals surface area contributed by atoms with E-state index in [0.717, 1.165) is 26.6 Å². The lowest BCUT2D eigenvalue weighted by Gasteiger charge is -2.08. The molecule has 0 aromatic carbocycles. The lowest BCUT2D eigenvalue weighted by Crippen LogP contribution is -2.26. The van der Waals surface area contributed by atoms with Crippen molar-refractivity contribution in [3.8, 4) is 0 Å². The van der Waals surface area contributed by atoms with Gasteiger partial charge in [0.05, 0.1) is 0 Å². The molecular weight excluding hydrogens is 252 g/mol. The summed E-state index contributed by atoms with van der Waals surface area (Å²) in [6.07, 6.45) is 4.11. The van der Waals surface area contributed by atoms with Gasteiger partial charge in [0, 0.05) is 26.1 Å². The van der Waals surface area contributed by atoms with Gasteiger partial charge in [-0.2, -0.15) is 0 Å². The van der Waals surface area contributed by atoms with Crippen molar-refractivity contribution in [2.24, 2.45) is 5.92 Å². The summed E-state index contributed by atoms with van der Waals surface area (Å²) in [6, 6.07) is 0.575. The Labute approximate surface area is 126 Å². The summed E-state index contributed by atoms with van der Waals surface area (Å²) in [5.41, 5.74) is 0. The molecule has 0 fully saturated rings. The first-order valence-electron chi connectivity index (χ1n) is 7.97. The van der Waals surface area contributed by atoms with Gasteiger partial charge in [-0.05, 0) is 25.3 Å². The molecule has 3 N–H and O–H groups in total. The van der Waals surface area contributed by atoms with Crippen molar-refractivity contribution in [1.82, 2.24) is 10.6 Å². The Morgan fingerprint density at radius 3 is 1.90 bits per heavy atom. The predicted octanol–water partition coefficient (Wildman–Crippen LogP) is 2.95. The number of carbonyl (C=O) groups excluding carboxylic acids is 1. The van der Waals surface area contributed by atoms with Crippen LogP contribution in [0.25, 0.3) is 0 Å². The average molecular weight is 290 g/mol. The number of unbranched alkanes of at least 4 members (excludes halogenated alkanes) is 2. The molecule has 0 spiro atoms. The fourth-order valence-corrected chi connectivity index (χ4v) is 1.49.